The van der Waals surface area contributed by atoms with E-state index >= 15 is 0 Å². The maximum Gasteiger partial charge on any atom is 0.351 e. The number of nitrogen functional groups attached to an aromatic ring is 1. The highest BCUT2D eigenvalue weighted by atomic mass is 19.3. The van der Waals surface area contributed by atoms with Crippen molar-refractivity contribution in [3.05, 3.63) is 22.7 Å². The van der Waals surface area contributed by atoms with Crippen molar-refractivity contribution in [1.82, 2.24) is 9.55 Å². The van der Waals surface area contributed by atoms with Crippen molar-refractivity contribution in [3.63, 3.8) is 0 Å². The lowest BCUT2D eigenvalue weighted by Crippen LogP contribution is -2.31. The fraction of sp³-hybridized carbons (Fsp3) is 0.556. The van der Waals surface area contributed by atoms with Gasteiger partial charge in [0.2, 0.25) is 0 Å². The summed E-state index contributed by atoms with van der Waals surface area (Å²) in [6.07, 6.45) is -2.17. The zero-order valence-electron chi connectivity index (χ0n) is 8.72. The molecule has 8 heteroatoms. The molecule has 0 aromatic carbocycles. The number of hydrogen-bond acceptors (Lipinski definition) is 5. The minimum Gasteiger partial charge on any atom is -0.393 e. The normalized spacial score (nSPS) is 27.2. The van der Waals surface area contributed by atoms with Crippen LogP contribution in [-0.2, 0) is 4.74 Å². The van der Waals surface area contributed by atoms with Gasteiger partial charge in [0.05, 0.1) is 13.0 Å². The first kappa shape index (κ1) is 11.9. The van der Waals surface area contributed by atoms with Crippen LogP contribution in [-0.4, -0.2) is 33.3 Å². The first-order chi connectivity index (χ1) is 7.94. The standard InChI is InChI=1S/C9H11F2N3O3/c10-9(11)3-7(17-5(9)4-15)14-2-1-6(12)13-8(14)16/h1-2,5,7,15H,3-4H2,(H2,12,13,16)/t5-,7?/m0/s1. The molecule has 17 heavy (non-hydrogen) atoms. The third-order valence-corrected chi connectivity index (χ3v) is 2.57. The van der Waals surface area contributed by atoms with E-state index in [2.05, 4.69) is 4.98 Å². The Kier molecular flexibility index (Phi) is 2.84. The molecule has 0 amide bonds. The highest BCUT2D eigenvalue weighted by Gasteiger charge is 2.50. The van der Waals surface area contributed by atoms with E-state index in [0.29, 0.717) is 0 Å². The molecule has 1 aliphatic rings. The molecule has 2 rings (SSSR count). The molecule has 0 bridgehead atoms. The zero-order valence-corrected chi connectivity index (χ0v) is 8.72. The second-order valence-corrected chi connectivity index (χ2v) is 3.77. The summed E-state index contributed by atoms with van der Waals surface area (Å²) in [4.78, 5) is 14.8. The molecule has 6 nitrogen and oxygen atoms in total. The molecule has 0 saturated carbocycles. The Morgan fingerprint density at radius 3 is 2.94 bits per heavy atom. The molecular weight excluding hydrogens is 236 g/mol. The van der Waals surface area contributed by atoms with E-state index in [1.165, 1.54) is 12.3 Å². The van der Waals surface area contributed by atoms with E-state index in [1.807, 2.05) is 0 Å². The smallest absolute Gasteiger partial charge is 0.351 e. The largest absolute Gasteiger partial charge is 0.393 e. The Morgan fingerprint density at radius 2 is 2.41 bits per heavy atom. The van der Waals surface area contributed by atoms with Crippen molar-refractivity contribution < 1.29 is 18.6 Å². The van der Waals surface area contributed by atoms with Crippen molar-refractivity contribution in [2.45, 2.75) is 24.7 Å². The summed E-state index contributed by atoms with van der Waals surface area (Å²) >= 11 is 0. The third kappa shape index (κ3) is 2.13. The monoisotopic (exact) mass is 247 g/mol. The van der Waals surface area contributed by atoms with Crippen LogP contribution in [0, 0.1) is 0 Å². The van der Waals surface area contributed by atoms with Gasteiger partial charge in [0.15, 0.2) is 0 Å². The van der Waals surface area contributed by atoms with Gasteiger partial charge in [-0.25, -0.2) is 13.6 Å². The van der Waals surface area contributed by atoms with Gasteiger partial charge in [-0.1, -0.05) is 0 Å². The van der Waals surface area contributed by atoms with Gasteiger partial charge >= 0.3 is 5.69 Å². The second-order valence-electron chi connectivity index (χ2n) is 3.77. The van der Waals surface area contributed by atoms with E-state index in [9.17, 15) is 13.6 Å². The molecule has 0 aliphatic carbocycles. The summed E-state index contributed by atoms with van der Waals surface area (Å²) < 4.78 is 32.5. The quantitative estimate of drug-likeness (QED) is 0.751. The van der Waals surface area contributed by atoms with E-state index in [0.717, 1.165) is 4.57 Å². The number of aliphatic hydroxyl groups excluding tert-OH is 1. The fourth-order valence-electron chi connectivity index (χ4n) is 1.69. The van der Waals surface area contributed by atoms with Gasteiger partial charge in [-0.2, -0.15) is 4.98 Å². The molecule has 1 aliphatic heterocycles. The minimum atomic E-state index is -3.17. The number of aliphatic hydroxyl groups is 1. The SMILES string of the molecule is Nc1ccn(C2CC(F)(F)[C@H](CO)O2)c(=O)n1. The number of hydrogen-bond donors (Lipinski definition) is 2. The number of anilines is 1. The van der Waals surface area contributed by atoms with Crippen molar-refractivity contribution in [2.75, 3.05) is 12.3 Å². The Balaban J connectivity index is 2.29. The van der Waals surface area contributed by atoms with Gasteiger partial charge in [0.1, 0.15) is 18.1 Å². The van der Waals surface area contributed by atoms with Crippen LogP contribution in [0.3, 0.4) is 0 Å². The molecule has 1 aromatic rings. The molecule has 3 N–H and O–H groups in total. The molecule has 0 radical (unpaired) electrons. The summed E-state index contributed by atoms with van der Waals surface area (Å²) in [5.41, 5.74) is 4.52. The van der Waals surface area contributed by atoms with Crippen molar-refractivity contribution in [1.29, 1.82) is 0 Å². The van der Waals surface area contributed by atoms with Gasteiger partial charge in [0.25, 0.3) is 5.92 Å². The second kappa shape index (κ2) is 4.04. The Labute approximate surface area is 94.6 Å². The minimum absolute atomic E-state index is 0.00900. The van der Waals surface area contributed by atoms with Gasteiger partial charge in [-0.05, 0) is 6.07 Å². The van der Waals surface area contributed by atoms with Crippen LogP contribution >= 0.6 is 0 Å². The zero-order chi connectivity index (χ0) is 12.6. The lowest BCUT2D eigenvalue weighted by molar-refractivity contribution is -0.102. The number of nitrogens with zero attached hydrogens (tertiary/aromatic N) is 2. The summed E-state index contributed by atoms with van der Waals surface area (Å²) in [5, 5.41) is 8.75. The average Bonchev–Trinajstić information content (AvgIpc) is 2.53. The van der Waals surface area contributed by atoms with Crippen LogP contribution < -0.4 is 11.4 Å². The van der Waals surface area contributed by atoms with Crippen molar-refractivity contribution >= 4 is 5.82 Å². The van der Waals surface area contributed by atoms with Gasteiger partial charge in [0, 0.05) is 6.20 Å². The van der Waals surface area contributed by atoms with E-state index in [1.54, 1.807) is 0 Å². The van der Waals surface area contributed by atoms with Crippen LogP contribution in [0.1, 0.15) is 12.6 Å². The van der Waals surface area contributed by atoms with Crippen LogP contribution in [0.25, 0.3) is 0 Å². The maximum atomic E-state index is 13.3. The summed E-state index contributed by atoms with van der Waals surface area (Å²) in [7, 11) is 0. The lowest BCUT2D eigenvalue weighted by Gasteiger charge is -2.14. The maximum absolute atomic E-state index is 13.3. The van der Waals surface area contributed by atoms with E-state index in [4.69, 9.17) is 15.6 Å². The van der Waals surface area contributed by atoms with Crippen LogP contribution in [0.5, 0.6) is 0 Å². The predicted molar refractivity (Wildman–Crippen MR) is 53.5 cm³/mol. The number of halogens is 2. The number of rotatable bonds is 2. The van der Waals surface area contributed by atoms with Gasteiger partial charge in [-0.15, -0.1) is 0 Å². The van der Waals surface area contributed by atoms with E-state index in [-0.39, 0.29) is 5.82 Å². The molecule has 1 unspecified atom stereocenters. The Hall–Kier alpha value is -1.54. The molecule has 1 fully saturated rings. The van der Waals surface area contributed by atoms with Crippen molar-refractivity contribution in [3.8, 4) is 0 Å². The van der Waals surface area contributed by atoms with Gasteiger partial charge < -0.3 is 15.6 Å². The highest BCUT2D eigenvalue weighted by molar-refractivity contribution is 5.23. The molecule has 94 valence electrons. The first-order valence-electron chi connectivity index (χ1n) is 4.93. The Morgan fingerprint density at radius 1 is 1.71 bits per heavy atom. The molecule has 1 saturated heterocycles. The number of alkyl halides is 2. The lowest BCUT2D eigenvalue weighted by atomic mass is 10.2. The topological polar surface area (TPSA) is 90.4 Å². The molecular formula is C9H11F2N3O3. The number of nitrogens with two attached hydrogens (primary N) is 1. The highest BCUT2D eigenvalue weighted by Crippen LogP contribution is 2.39. The Bertz CT molecular complexity index is 477. The number of aromatic nitrogens is 2. The third-order valence-electron chi connectivity index (χ3n) is 2.57. The molecule has 1 aromatic heterocycles. The fourth-order valence-corrected chi connectivity index (χ4v) is 1.69. The number of ether oxygens (including phenoxy) is 1. The molecule has 2 heterocycles. The van der Waals surface area contributed by atoms with Crippen LogP contribution in [0.4, 0.5) is 14.6 Å². The van der Waals surface area contributed by atoms with Crippen LogP contribution in [0.15, 0.2) is 17.1 Å². The first-order valence-corrected chi connectivity index (χ1v) is 4.93. The summed E-state index contributed by atoms with van der Waals surface area (Å²) in [6.45, 7) is -0.805. The summed E-state index contributed by atoms with van der Waals surface area (Å²) in [6, 6.07) is 1.31. The van der Waals surface area contributed by atoms with Gasteiger partial charge in [-0.3, -0.25) is 4.57 Å². The van der Waals surface area contributed by atoms with Crippen molar-refractivity contribution in [2.24, 2.45) is 0 Å². The predicted octanol–water partition coefficient (Wildman–Crippen LogP) is -0.259. The summed E-state index contributed by atoms with van der Waals surface area (Å²) in [5.74, 6) is -3.16. The average molecular weight is 247 g/mol. The molecule has 2 atom stereocenters. The van der Waals surface area contributed by atoms with E-state index < -0.39 is 37.0 Å². The van der Waals surface area contributed by atoms with Crippen LogP contribution in [0.2, 0.25) is 0 Å². The molecule has 0 spiro atoms.